The van der Waals surface area contributed by atoms with E-state index >= 15 is 0 Å². The predicted molar refractivity (Wildman–Crippen MR) is 115 cm³/mol. The molecule has 1 spiro atoms. The van der Waals surface area contributed by atoms with Crippen LogP contribution in [0.2, 0.25) is 0 Å². The van der Waals surface area contributed by atoms with E-state index in [-0.39, 0.29) is 28.7 Å². The Bertz CT molecular complexity index is 1440. The Kier molecular flexibility index (Phi) is 3.80. The molecule has 0 fully saturated rings. The number of benzene rings is 2. The third-order valence-corrected chi connectivity index (χ3v) is 6.11. The van der Waals surface area contributed by atoms with E-state index in [4.69, 9.17) is 14.9 Å². The largest absolute Gasteiger partial charge is 0.439 e. The molecule has 1 aromatic heterocycles. The summed E-state index contributed by atoms with van der Waals surface area (Å²) in [6, 6.07) is 12.8. The van der Waals surface area contributed by atoms with E-state index in [0.717, 1.165) is 11.1 Å². The molecule has 2 aliphatic heterocycles. The Balaban J connectivity index is 2.02. The number of anilines is 1. The standard InChI is InChI=1S/C24H19N3O4/c1-11(2)13-9-8-12(3)17-19(13)31-22(28)18-20(17)30-21(26)15(10-25)24(18)14-6-4-5-7-16(14)27-23(24)29/h4-9,11H,26H2,1-3H3,(H,27,29)/t24-/m0/s1. The maximum Gasteiger partial charge on any atom is 0.345 e. The summed E-state index contributed by atoms with van der Waals surface area (Å²) in [5.41, 5.74) is 6.56. The number of carbonyl (C=O) groups excluding carboxylic acids is 1. The van der Waals surface area contributed by atoms with Crippen molar-refractivity contribution in [2.75, 3.05) is 5.32 Å². The molecule has 0 radical (unpaired) electrons. The third-order valence-electron chi connectivity index (χ3n) is 6.11. The lowest BCUT2D eigenvalue weighted by molar-refractivity contribution is -0.118. The fourth-order valence-electron chi connectivity index (χ4n) is 4.69. The molecule has 7 nitrogen and oxygen atoms in total. The highest BCUT2D eigenvalue weighted by atomic mass is 16.5. The van der Waals surface area contributed by atoms with Gasteiger partial charge in [0.05, 0.1) is 5.39 Å². The predicted octanol–water partition coefficient (Wildman–Crippen LogP) is 3.55. The Morgan fingerprint density at radius 3 is 2.61 bits per heavy atom. The zero-order valence-electron chi connectivity index (χ0n) is 17.2. The number of amides is 1. The zero-order valence-corrected chi connectivity index (χ0v) is 17.2. The molecule has 1 amide bonds. The molecule has 0 unspecified atom stereocenters. The highest BCUT2D eigenvalue weighted by Crippen LogP contribution is 2.53. The van der Waals surface area contributed by atoms with Gasteiger partial charge in [-0.1, -0.05) is 44.2 Å². The van der Waals surface area contributed by atoms with Crippen LogP contribution in [-0.2, 0) is 10.2 Å². The van der Waals surface area contributed by atoms with Crippen LogP contribution in [0.15, 0.2) is 57.1 Å². The minimum atomic E-state index is -1.74. The Labute approximate surface area is 177 Å². The first-order chi connectivity index (χ1) is 14.8. The number of hydrogen-bond acceptors (Lipinski definition) is 6. The van der Waals surface area contributed by atoms with Crippen LogP contribution in [-0.4, -0.2) is 5.91 Å². The van der Waals surface area contributed by atoms with Crippen molar-refractivity contribution in [2.45, 2.75) is 32.1 Å². The second kappa shape index (κ2) is 6.22. The van der Waals surface area contributed by atoms with Gasteiger partial charge in [0.15, 0.2) is 11.2 Å². The molecule has 1 atom stereocenters. The van der Waals surface area contributed by atoms with Gasteiger partial charge in [-0.2, -0.15) is 5.26 Å². The van der Waals surface area contributed by atoms with Crippen molar-refractivity contribution in [3.05, 3.63) is 80.5 Å². The maximum atomic E-state index is 13.4. The van der Waals surface area contributed by atoms with E-state index < -0.39 is 16.9 Å². The second-order valence-electron chi connectivity index (χ2n) is 8.13. The SMILES string of the molecule is Cc1ccc(C(C)C)c2oc(=O)c3c(c12)OC(N)=C(C#N)[C@]31C(=O)Nc2ccccc21. The van der Waals surface area contributed by atoms with Crippen LogP contribution in [0, 0.1) is 18.3 Å². The lowest BCUT2D eigenvalue weighted by Crippen LogP contribution is -2.45. The van der Waals surface area contributed by atoms with Crippen molar-refractivity contribution < 1.29 is 13.9 Å². The zero-order chi connectivity index (χ0) is 22.1. The highest BCUT2D eigenvalue weighted by Gasteiger charge is 2.58. The number of para-hydroxylation sites is 1. The number of nitrogens with two attached hydrogens (primary N) is 1. The van der Waals surface area contributed by atoms with Gasteiger partial charge in [0.25, 0.3) is 0 Å². The molecule has 0 bridgehead atoms. The van der Waals surface area contributed by atoms with Gasteiger partial charge in [-0.25, -0.2) is 4.79 Å². The summed E-state index contributed by atoms with van der Waals surface area (Å²) in [7, 11) is 0. The summed E-state index contributed by atoms with van der Waals surface area (Å²) in [6.45, 7) is 5.86. The van der Waals surface area contributed by atoms with Gasteiger partial charge in [-0.15, -0.1) is 0 Å². The van der Waals surface area contributed by atoms with Gasteiger partial charge in [0.2, 0.25) is 11.8 Å². The number of rotatable bonds is 1. The monoisotopic (exact) mass is 413 g/mol. The molecule has 0 aliphatic carbocycles. The van der Waals surface area contributed by atoms with Gasteiger partial charge < -0.3 is 20.2 Å². The molecular weight excluding hydrogens is 394 g/mol. The minimum Gasteiger partial charge on any atom is -0.439 e. The average molecular weight is 413 g/mol. The summed E-state index contributed by atoms with van der Waals surface area (Å²) in [4.78, 5) is 26.9. The van der Waals surface area contributed by atoms with Crippen molar-refractivity contribution in [1.29, 1.82) is 5.26 Å². The molecule has 3 N–H and O–H groups in total. The van der Waals surface area contributed by atoms with Crippen LogP contribution in [0.25, 0.3) is 11.0 Å². The summed E-state index contributed by atoms with van der Waals surface area (Å²) < 4.78 is 11.7. The molecule has 2 aromatic carbocycles. The normalized spacial score (nSPS) is 19.3. The molecule has 3 heterocycles. The van der Waals surface area contributed by atoms with Crippen molar-refractivity contribution in [3.63, 3.8) is 0 Å². The van der Waals surface area contributed by atoms with Crippen molar-refractivity contribution in [1.82, 2.24) is 0 Å². The first-order valence-corrected chi connectivity index (χ1v) is 9.92. The van der Waals surface area contributed by atoms with E-state index in [1.807, 2.05) is 39.0 Å². The number of nitrogens with zero attached hydrogens (tertiary/aromatic N) is 1. The van der Waals surface area contributed by atoms with E-state index in [2.05, 4.69) is 5.32 Å². The fourth-order valence-corrected chi connectivity index (χ4v) is 4.69. The smallest absolute Gasteiger partial charge is 0.345 e. The van der Waals surface area contributed by atoms with Crippen LogP contribution >= 0.6 is 0 Å². The van der Waals surface area contributed by atoms with Crippen LogP contribution in [0.4, 0.5) is 5.69 Å². The van der Waals surface area contributed by atoms with Crippen molar-refractivity contribution in [3.8, 4) is 11.8 Å². The number of fused-ring (bicyclic) bond motifs is 6. The van der Waals surface area contributed by atoms with Gasteiger partial charge in [-0.3, -0.25) is 4.79 Å². The topological polar surface area (TPSA) is 118 Å². The first kappa shape index (κ1) is 18.9. The molecular formula is C24H19N3O4. The highest BCUT2D eigenvalue weighted by molar-refractivity contribution is 6.13. The van der Waals surface area contributed by atoms with Crippen LogP contribution in [0.1, 0.15) is 42.0 Å². The summed E-state index contributed by atoms with van der Waals surface area (Å²) in [5, 5.41) is 13.3. The molecule has 2 aliphatic rings. The molecule has 31 heavy (non-hydrogen) atoms. The minimum absolute atomic E-state index is 0.0304. The van der Waals surface area contributed by atoms with E-state index in [1.54, 1.807) is 24.3 Å². The number of carbonyl (C=O) groups is 1. The molecule has 7 heteroatoms. The summed E-state index contributed by atoms with van der Waals surface area (Å²) in [5.74, 6) is -0.500. The Morgan fingerprint density at radius 2 is 1.90 bits per heavy atom. The lowest BCUT2D eigenvalue weighted by Gasteiger charge is -2.33. The fraction of sp³-hybridized carbons (Fsp3) is 0.208. The quantitative estimate of drug-likeness (QED) is 0.589. The van der Waals surface area contributed by atoms with Crippen LogP contribution < -0.4 is 21.4 Å². The van der Waals surface area contributed by atoms with Crippen LogP contribution in [0.5, 0.6) is 5.75 Å². The van der Waals surface area contributed by atoms with E-state index in [1.165, 1.54) is 0 Å². The number of nitriles is 1. The summed E-state index contributed by atoms with van der Waals surface area (Å²) >= 11 is 0. The van der Waals surface area contributed by atoms with E-state index in [0.29, 0.717) is 22.2 Å². The summed E-state index contributed by atoms with van der Waals surface area (Å²) in [6.07, 6.45) is 0. The molecule has 154 valence electrons. The Hall–Kier alpha value is -4.05. The van der Waals surface area contributed by atoms with Crippen LogP contribution in [0.3, 0.4) is 0 Å². The van der Waals surface area contributed by atoms with Gasteiger partial charge >= 0.3 is 5.63 Å². The molecule has 3 aromatic rings. The molecule has 5 rings (SSSR count). The number of hydrogen-bond donors (Lipinski definition) is 2. The molecule has 0 saturated carbocycles. The van der Waals surface area contributed by atoms with E-state index in [9.17, 15) is 14.9 Å². The molecule has 0 saturated heterocycles. The number of nitrogens with one attached hydrogen (secondary N) is 1. The average Bonchev–Trinajstić information content (AvgIpc) is 3.00. The van der Waals surface area contributed by atoms with Gasteiger partial charge in [-0.05, 0) is 30.0 Å². The van der Waals surface area contributed by atoms with Crippen molar-refractivity contribution in [2.24, 2.45) is 5.73 Å². The number of ether oxygens (including phenoxy) is 1. The van der Waals surface area contributed by atoms with Gasteiger partial charge in [0, 0.05) is 11.3 Å². The maximum absolute atomic E-state index is 13.4. The van der Waals surface area contributed by atoms with Gasteiger partial charge in [0.1, 0.15) is 22.8 Å². The van der Waals surface area contributed by atoms with Crippen molar-refractivity contribution >= 4 is 22.6 Å². The lowest BCUT2D eigenvalue weighted by atomic mass is 9.69. The Morgan fingerprint density at radius 1 is 1.16 bits per heavy atom. The second-order valence-corrected chi connectivity index (χ2v) is 8.13. The third kappa shape index (κ3) is 2.22. The number of aryl methyl sites for hydroxylation is 1. The first-order valence-electron chi connectivity index (χ1n) is 9.92.